The summed E-state index contributed by atoms with van der Waals surface area (Å²) in [4.78, 5) is 17.4. The number of nitrogens with two attached hydrogens (primary N) is 1. The third kappa shape index (κ3) is 5.55. The first-order valence-electron chi connectivity index (χ1n) is 12.1. The molecular formula is C29H28N4O3S. The molecule has 3 N–H and O–H groups in total. The van der Waals surface area contributed by atoms with Crippen molar-refractivity contribution in [1.29, 1.82) is 0 Å². The Kier molecular flexibility index (Phi) is 6.78. The van der Waals surface area contributed by atoms with E-state index in [9.17, 15) is 13.2 Å². The van der Waals surface area contributed by atoms with E-state index >= 15 is 0 Å². The van der Waals surface area contributed by atoms with Crippen molar-refractivity contribution in [3.05, 3.63) is 126 Å². The molecule has 3 aromatic carbocycles. The quantitative estimate of drug-likeness (QED) is 0.322. The maximum atomic E-state index is 13.5. The Balaban J connectivity index is 1.34. The second-order valence-electron chi connectivity index (χ2n) is 9.26. The van der Waals surface area contributed by atoms with Gasteiger partial charge in [-0.3, -0.25) is 9.78 Å². The standard InChI is InChI=1S/C29H28N4O3S/c30-25-13-15-27(16-14-25)37(35,36)33(21-26-8-4-5-19-31-26)20-22-9-11-23(12-10-22)28(34)32-29(17-18-29)24-6-2-1-3-7-24/h1-16,19H,17-18,20-21,30H2,(H,32,34). The minimum atomic E-state index is -3.83. The number of rotatable bonds is 9. The molecule has 0 unspecified atom stereocenters. The molecule has 0 radical (unpaired) electrons. The van der Waals surface area contributed by atoms with Crippen LogP contribution in [0.3, 0.4) is 0 Å². The van der Waals surface area contributed by atoms with Gasteiger partial charge in [0.25, 0.3) is 5.91 Å². The van der Waals surface area contributed by atoms with E-state index in [-0.39, 0.29) is 29.4 Å². The molecule has 7 nitrogen and oxygen atoms in total. The van der Waals surface area contributed by atoms with E-state index in [0.717, 1.165) is 24.0 Å². The molecule has 8 heteroatoms. The van der Waals surface area contributed by atoms with Crippen LogP contribution in [0.25, 0.3) is 0 Å². The summed E-state index contributed by atoms with van der Waals surface area (Å²) in [6, 6.07) is 28.6. The fourth-order valence-corrected chi connectivity index (χ4v) is 5.71. The van der Waals surface area contributed by atoms with E-state index in [2.05, 4.69) is 10.3 Å². The molecule has 5 rings (SSSR count). The van der Waals surface area contributed by atoms with Crippen LogP contribution in [0.15, 0.2) is 108 Å². The van der Waals surface area contributed by atoms with Gasteiger partial charge in [0, 0.05) is 24.0 Å². The Morgan fingerprint density at radius 2 is 1.54 bits per heavy atom. The lowest BCUT2D eigenvalue weighted by Crippen LogP contribution is -2.34. The van der Waals surface area contributed by atoms with Gasteiger partial charge in [0.05, 0.1) is 22.7 Å². The molecule has 0 saturated heterocycles. The molecule has 1 saturated carbocycles. The van der Waals surface area contributed by atoms with Gasteiger partial charge in [-0.2, -0.15) is 4.31 Å². The largest absolute Gasteiger partial charge is 0.399 e. The third-order valence-corrected chi connectivity index (χ3v) is 8.39. The summed E-state index contributed by atoms with van der Waals surface area (Å²) in [6.45, 7) is 0.231. The highest BCUT2D eigenvalue weighted by Gasteiger charge is 2.45. The minimum absolute atomic E-state index is 0.107. The highest BCUT2D eigenvalue weighted by Crippen LogP contribution is 2.45. The van der Waals surface area contributed by atoms with Crippen LogP contribution in [-0.2, 0) is 28.7 Å². The predicted molar refractivity (Wildman–Crippen MR) is 143 cm³/mol. The number of nitrogen functional groups attached to an aromatic ring is 1. The molecule has 1 amide bonds. The zero-order valence-corrected chi connectivity index (χ0v) is 21.1. The third-order valence-electron chi connectivity index (χ3n) is 6.59. The molecule has 37 heavy (non-hydrogen) atoms. The molecule has 1 aliphatic carbocycles. The van der Waals surface area contributed by atoms with Crippen molar-refractivity contribution in [2.45, 2.75) is 36.4 Å². The lowest BCUT2D eigenvalue weighted by molar-refractivity contribution is 0.0930. The number of anilines is 1. The number of aromatic nitrogens is 1. The van der Waals surface area contributed by atoms with Crippen LogP contribution in [0.5, 0.6) is 0 Å². The average Bonchev–Trinajstić information content (AvgIpc) is 3.70. The lowest BCUT2D eigenvalue weighted by Gasteiger charge is -2.22. The van der Waals surface area contributed by atoms with Crippen molar-refractivity contribution in [3.63, 3.8) is 0 Å². The number of pyridine rings is 1. The molecular weight excluding hydrogens is 484 g/mol. The SMILES string of the molecule is Nc1ccc(S(=O)(=O)N(Cc2ccc(C(=O)NC3(c4ccccc4)CC3)cc2)Cc2ccccn2)cc1. The molecule has 0 bridgehead atoms. The van der Waals surface area contributed by atoms with Crippen LogP contribution < -0.4 is 11.1 Å². The Labute approximate surface area is 217 Å². The summed E-state index contributed by atoms with van der Waals surface area (Å²) in [6.07, 6.45) is 3.46. The summed E-state index contributed by atoms with van der Waals surface area (Å²) in [7, 11) is -3.83. The van der Waals surface area contributed by atoms with Gasteiger partial charge < -0.3 is 11.1 Å². The van der Waals surface area contributed by atoms with E-state index in [1.165, 1.54) is 16.4 Å². The Bertz CT molecular complexity index is 1470. The number of amides is 1. The molecule has 1 fully saturated rings. The highest BCUT2D eigenvalue weighted by molar-refractivity contribution is 7.89. The zero-order chi connectivity index (χ0) is 25.9. The first kappa shape index (κ1) is 24.7. The fraction of sp³-hybridized carbons (Fsp3) is 0.172. The van der Waals surface area contributed by atoms with Crippen molar-refractivity contribution < 1.29 is 13.2 Å². The number of nitrogens with zero attached hydrogens (tertiary/aromatic N) is 2. The van der Waals surface area contributed by atoms with Gasteiger partial charge in [0.1, 0.15) is 0 Å². The molecule has 0 atom stereocenters. The van der Waals surface area contributed by atoms with Crippen LogP contribution in [0.1, 0.15) is 40.0 Å². The van der Waals surface area contributed by atoms with E-state index in [0.29, 0.717) is 16.9 Å². The summed E-state index contributed by atoms with van der Waals surface area (Å²) in [5.41, 5.74) is 8.98. The van der Waals surface area contributed by atoms with Gasteiger partial charge in [0.15, 0.2) is 0 Å². The molecule has 188 valence electrons. The van der Waals surface area contributed by atoms with Gasteiger partial charge in [-0.1, -0.05) is 48.5 Å². The first-order chi connectivity index (χ1) is 17.9. The normalized spacial score (nSPS) is 14.3. The monoisotopic (exact) mass is 512 g/mol. The van der Waals surface area contributed by atoms with Crippen LogP contribution >= 0.6 is 0 Å². The summed E-state index contributed by atoms with van der Waals surface area (Å²) < 4.78 is 28.4. The second kappa shape index (κ2) is 10.2. The predicted octanol–water partition coefficient (Wildman–Crippen LogP) is 4.47. The first-order valence-corrected chi connectivity index (χ1v) is 13.5. The van der Waals surface area contributed by atoms with E-state index in [4.69, 9.17) is 5.73 Å². The molecule has 1 aliphatic rings. The topological polar surface area (TPSA) is 105 Å². The van der Waals surface area contributed by atoms with E-state index in [1.807, 2.05) is 36.4 Å². The van der Waals surface area contributed by atoms with Gasteiger partial charge >= 0.3 is 0 Å². The van der Waals surface area contributed by atoms with Crippen LogP contribution in [0.4, 0.5) is 5.69 Å². The van der Waals surface area contributed by atoms with E-state index in [1.54, 1.807) is 54.7 Å². The van der Waals surface area contributed by atoms with Crippen molar-refractivity contribution in [1.82, 2.24) is 14.6 Å². The molecule has 1 heterocycles. The van der Waals surface area contributed by atoms with Gasteiger partial charge in [-0.15, -0.1) is 0 Å². The summed E-state index contributed by atoms with van der Waals surface area (Å²) in [5, 5.41) is 3.18. The van der Waals surface area contributed by atoms with Crippen LogP contribution in [0.2, 0.25) is 0 Å². The Morgan fingerprint density at radius 3 is 2.16 bits per heavy atom. The highest BCUT2D eigenvalue weighted by atomic mass is 32.2. The average molecular weight is 513 g/mol. The fourth-order valence-electron chi connectivity index (χ4n) is 4.31. The maximum Gasteiger partial charge on any atom is 0.251 e. The lowest BCUT2D eigenvalue weighted by atomic mass is 10.0. The molecule has 0 spiro atoms. The zero-order valence-electron chi connectivity index (χ0n) is 20.2. The van der Waals surface area contributed by atoms with Crippen molar-refractivity contribution >= 4 is 21.6 Å². The van der Waals surface area contributed by atoms with Crippen LogP contribution in [0, 0.1) is 0 Å². The number of hydrogen-bond donors (Lipinski definition) is 2. The summed E-state index contributed by atoms with van der Waals surface area (Å²) >= 11 is 0. The number of benzene rings is 3. The minimum Gasteiger partial charge on any atom is -0.399 e. The molecule has 1 aromatic heterocycles. The number of carbonyl (C=O) groups excluding carboxylic acids is 1. The summed E-state index contributed by atoms with van der Waals surface area (Å²) in [5.74, 6) is -0.146. The number of hydrogen-bond acceptors (Lipinski definition) is 5. The smallest absolute Gasteiger partial charge is 0.251 e. The van der Waals surface area contributed by atoms with Crippen molar-refractivity contribution in [3.8, 4) is 0 Å². The van der Waals surface area contributed by atoms with Gasteiger partial charge in [-0.25, -0.2) is 8.42 Å². The Hall–Kier alpha value is -4.01. The van der Waals surface area contributed by atoms with Crippen molar-refractivity contribution in [2.75, 3.05) is 5.73 Å². The second-order valence-corrected chi connectivity index (χ2v) is 11.2. The van der Waals surface area contributed by atoms with E-state index < -0.39 is 10.0 Å². The number of sulfonamides is 1. The molecule has 4 aromatic rings. The number of nitrogens with one attached hydrogen (secondary N) is 1. The van der Waals surface area contributed by atoms with Gasteiger partial charge in [0.2, 0.25) is 10.0 Å². The Morgan fingerprint density at radius 1 is 0.865 bits per heavy atom. The van der Waals surface area contributed by atoms with Gasteiger partial charge in [-0.05, 0) is 72.5 Å². The number of carbonyl (C=O) groups is 1. The maximum absolute atomic E-state index is 13.5. The van der Waals surface area contributed by atoms with Crippen molar-refractivity contribution in [2.24, 2.45) is 0 Å². The van der Waals surface area contributed by atoms with Crippen LogP contribution in [-0.4, -0.2) is 23.6 Å². The molecule has 0 aliphatic heterocycles.